The monoisotopic (exact) mass is 284 g/mol. The van der Waals surface area contributed by atoms with E-state index in [1.165, 1.54) is 12.8 Å². The molecule has 1 aliphatic heterocycles. The molecule has 1 rings (SSSR count). The Morgan fingerprint density at radius 1 is 1.30 bits per heavy atom. The molecule has 2 N–H and O–H groups in total. The first-order valence-corrected chi connectivity index (χ1v) is 7.91. The number of likely N-dealkylation sites (N-methyl/N-ethyl adjacent to an activating group) is 1. The van der Waals surface area contributed by atoms with Gasteiger partial charge in [0.2, 0.25) is 5.91 Å². The number of amides is 1. The molecule has 0 radical (unpaired) electrons. The second-order valence-electron chi connectivity index (χ2n) is 5.86. The van der Waals surface area contributed by atoms with E-state index in [0.29, 0.717) is 19.0 Å². The highest BCUT2D eigenvalue weighted by Gasteiger charge is 2.27. The van der Waals surface area contributed by atoms with Gasteiger partial charge in [0.1, 0.15) is 0 Å². The molecule has 0 saturated carbocycles. The molecule has 1 atom stereocenters. The Hall–Kier alpha value is -0.650. The molecule has 1 fully saturated rings. The summed E-state index contributed by atoms with van der Waals surface area (Å²) in [6.45, 7) is 8.44. The normalized spacial score (nSPS) is 19.3. The first-order valence-electron chi connectivity index (χ1n) is 7.91. The fourth-order valence-corrected chi connectivity index (χ4v) is 3.00. The van der Waals surface area contributed by atoms with Gasteiger partial charge in [-0.25, -0.2) is 0 Å². The summed E-state index contributed by atoms with van der Waals surface area (Å²) >= 11 is 0. The van der Waals surface area contributed by atoms with Crippen molar-refractivity contribution in [1.29, 1.82) is 0 Å². The maximum absolute atomic E-state index is 12.2. The SMILES string of the molecule is CCN(CC)C(=O)CC(CN)N(C)C1CCN(C)CC1. The van der Waals surface area contributed by atoms with Crippen molar-refractivity contribution in [3.63, 3.8) is 0 Å². The van der Waals surface area contributed by atoms with Crippen LogP contribution in [0.15, 0.2) is 0 Å². The standard InChI is InChI=1S/C15H32N4O/c1-5-19(6-2)15(20)11-14(12-16)18(4)13-7-9-17(3)10-8-13/h13-14H,5-12,16H2,1-4H3. The van der Waals surface area contributed by atoms with E-state index in [9.17, 15) is 4.79 Å². The summed E-state index contributed by atoms with van der Waals surface area (Å²) < 4.78 is 0. The zero-order chi connectivity index (χ0) is 15.1. The summed E-state index contributed by atoms with van der Waals surface area (Å²) in [4.78, 5) is 18.8. The fourth-order valence-electron chi connectivity index (χ4n) is 3.00. The molecule has 0 aromatic carbocycles. The van der Waals surface area contributed by atoms with E-state index in [1.54, 1.807) is 0 Å². The third kappa shape index (κ3) is 4.72. The molecule has 1 heterocycles. The predicted octanol–water partition coefficient (Wildman–Crippen LogP) is 0.598. The lowest BCUT2D eigenvalue weighted by Crippen LogP contribution is -2.50. The number of carbonyl (C=O) groups excluding carboxylic acids is 1. The minimum Gasteiger partial charge on any atom is -0.343 e. The van der Waals surface area contributed by atoms with Crippen molar-refractivity contribution in [1.82, 2.24) is 14.7 Å². The molecule has 20 heavy (non-hydrogen) atoms. The molecule has 1 aliphatic rings. The Balaban J connectivity index is 2.54. The quantitative estimate of drug-likeness (QED) is 0.744. The molecule has 0 aromatic heterocycles. The number of nitrogens with two attached hydrogens (primary N) is 1. The minimum absolute atomic E-state index is 0.163. The van der Waals surface area contributed by atoms with Crippen LogP contribution in [0.5, 0.6) is 0 Å². The van der Waals surface area contributed by atoms with Gasteiger partial charge in [-0.05, 0) is 53.9 Å². The summed E-state index contributed by atoms with van der Waals surface area (Å²) in [6.07, 6.45) is 2.88. The molecule has 0 aliphatic carbocycles. The van der Waals surface area contributed by atoms with Crippen molar-refractivity contribution in [2.45, 2.75) is 45.2 Å². The van der Waals surface area contributed by atoms with Gasteiger partial charge < -0.3 is 15.5 Å². The molecule has 1 unspecified atom stereocenters. The molecule has 1 amide bonds. The van der Waals surface area contributed by atoms with E-state index in [1.807, 2.05) is 18.7 Å². The van der Waals surface area contributed by atoms with Crippen molar-refractivity contribution >= 4 is 5.91 Å². The highest BCUT2D eigenvalue weighted by atomic mass is 16.2. The van der Waals surface area contributed by atoms with Crippen LogP contribution in [-0.4, -0.2) is 79.5 Å². The number of likely N-dealkylation sites (tertiary alicyclic amines) is 1. The molecule has 5 heteroatoms. The second-order valence-corrected chi connectivity index (χ2v) is 5.86. The Labute approximate surface area is 124 Å². The van der Waals surface area contributed by atoms with Gasteiger partial charge in [0.05, 0.1) is 0 Å². The predicted molar refractivity (Wildman–Crippen MR) is 83.7 cm³/mol. The number of hydrogen-bond donors (Lipinski definition) is 1. The van der Waals surface area contributed by atoms with Crippen LogP contribution in [-0.2, 0) is 4.79 Å². The van der Waals surface area contributed by atoms with Crippen LogP contribution in [0, 0.1) is 0 Å². The Kier molecular flexibility index (Phi) is 7.48. The van der Waals surface area contributed by atoms with E-state index in [-0.39, 0.29) is 11.9 Å². The highest BCUT2D eigenvalue weighted by molar-refractivity contribution is 5.76. The van der Waals surface area contributed by atoms with Crippen molar-refractivity contribution < 1.29 is 4.79 Å². The first kappa shape index (κ1) is 17.4. The smallest absolute Gasteiger partial charge is 0.224 e. The van der Waals surface area contributed by atoms with Crippen LogP contribution in [0.3, 0.4) is 0 Å². The Morgan fingerprint density at radius 2 is 1.85 bits per heavy atom. The lowest BCUT2D eigenvalue weighted by Gasteiger charge is -2.39. The summed E-state index contributed by atoms with van der Waals surface area (Å²) in [5.74, 6) is 0.227. The van der Waals surface area contributed by atoms with Crippen molar-refractivity contribution in [2.75, 3.05) is 46.8 Å². The zero-order valence-electron chi connectivity index (χ0n) is 13.6. The zero-order valence-corrected chi connectivity index (χ0v) is 13.6. The molecule has 0 spiro atoms. The summed E-state index contributed by atoms with van der Waals surface area (Å²) in [6, 6.07) is 0.723. The molecule has 5 nitrogen and oxygen atoms in total. The average molecular weight is 284 g/mol. The van der Waals surface area contributed by atoms with Crippen molar-refractivity contribution in [2.24, 2.45) is 5.73 Å². The number of hydrogen-bond acceptors (Lipinski definition) is 4. The maximum atomic E-state index is 12.2. The topological polar surface area (TPSA) is 52.8 Å². The Morgan fingerprint density at radius 3 is 2.30 bits per heavy atom. The second kappa shape index (κ2) is 8.60. The molecule has 0 bridgehead atoms. The van der Waals surface area contributed by atoms with Crippen LogP contribution in [0.2, 0.25) is 0 Å². The number of carbonyl (C=O) groups is 1. The largest absolute Gasteiger partial charge is 0.343 e. The molecule has 118 valence electrons. The summed E-state index contributed by atoms with van der Waals surface area (Å²) in [5.41, 5.74) is 5.92. The van der Waals surface area contributed by atoms with Gasteiger partial charge in [0.25, 0.3) is 0 Å². The van der Waals surface area contributed by atoms with Gasteiger partial charge in [-0.1, -0.05) is 0 Å². The minimum atomic E-state index is 0.163. The van der Waals surface area contributed by atoms with Gasteiger partial charge in [0, 0.05) is 38.1 Å². The lowest BCUT2D eigenvalue weighted by molar-refractivity contribution is -0.132. The number of rotatable bonds is 7. The van der Waals surface area contributed by atoms with E-state index in [4.69, 9.17) is 5.73 Å². The van der Waals surface area contributed by atoms with E-state index >= 15 is 0 Å². The summed E-state index contributed by atoms with van der Waals surface area (Å²) in [5, 5.41) is 0. The third-order valence-electron chi connectivity index (χ3n) is 4.64. The molecular formula is C15H32N4O. The molecule has 1 saturated heterocycles. The molecular weight excluding hydrogens is 252 g/mol. The average Bonchev–Trinajstić information content (AvgIpc) is 2.46. The molecule has 0 aromatic rings. The van der Waals surface area contributed by atoms with Crippen LogP contribution in [0.1, 0.15) is 33.1 Å². The summed E-state index contributed by atoms with van der Waals surface area (Å²) in [7, 11) is 4.30. The van der Waals surface area contributed by atoms with Crippen molar-refractivity contribution in [3.8, 4) is 0 Å². The fraction of sp³-hybridized carbons (Fsp3) is 0.933. The lowest BCUT2D eigenvalue weighted by atomic mass is 10.0. The maximum Gasteiger partial charge on any atom is 0.224 e. The van der Waals surface area contributed by atoms with Crippen LogP contribution < -0.4 is 5.73 Å². The van der Waals surface area contributed by atoms with Crippen LogP contribution in [0.25, 0.3) is 0 Å². The number of nitrogens with zero attached hydrogens (tertiary/aromatic N) is 3. The first-order chi connectivity index (χ1) is 9.53. The van der Waals surface area contributed by atoms with Crippen LogP contribution >= 0.6 is 0 Å². The van der Waals surface area contributed by atoms with E-state index < -0.39 is 0 Å². The van der Waals surface area contributed by atoms with Gasteiger partial charge in [0.15, 0.2) is 0 Å². The van der Waals surface area contributed by atoms with Gasteiger partial charge in [-0.2, -0.15) is 0 Å². The van der Waals surface area contributed by atoms with Gasteiger partial charge >= 0.3 is 0 Å². The van der Waals surface area contributed by atoms with E-state index in [0.717, 1.165) is 26.2 Å². The van der Waals surface area contributed by atoms with Gasteiger partial charge in [-0.3, -0.25) is 9.69 Å². The van der Waals surface area contributed by atoms with Gasteiger partial charge in [-0.15, -0.1) is 0 Å². The Bertz CT molecular complexity index is 286. The van der Waals surface area contributed by atoms with E-state index in [2.05, 4.69) is 23.9 Å². The highest BCUT2D eigenvalue weighted by Crippen LogP contribution is 2.18. The van der Waals surface area contributed by atoms with Crippen molar-refractivity contribution in [3.05, 3.63) is 0 Å². The van der Waals surface area contributed by atoms with Crippen LogP contribution in [0.4, 0.5) is 0 Å². The third-order valence-corrected chi connectivity index (χ3v) is 4.64. The number of piperidine rings is 1.